The van der Waals surface area contributed by atoms with Crippen molar-refractivity contribution in [2.75, 3.05) is 7.11 Å². The monoisotopic (exact) mass is 398 g/mol. The molecule has 1 heterocycles. The molecular formula is C19H14N2O8. The summed E-state index contributed by atoms with van der Waals surface area (Å²) in [7, 11) is 1.46. The van der Waals surface area contributed by atoms with Gasteiger partial charge in [0.05, 0.1) is 12.0 Å². The fourth-order valence-electron chi connectivity index (χ4n) is 2.68. The molecule has 1 aromatic heterocycles. The molecule has 2 amide bonds. The number of nitro benzene ring substituents is 1. The minimum atomic E-state index is -1.06. The number of nitro groups is 1. The van der Waals surface area contributed by atoms with Crippen molar-refractivity contribution in [3.63, 3.8) is 0 Å². The molecule has 0 fully saturated rings. The molecule has 148 valence electrons. The lowest BCUT2D eigenvalue weighted by Crippen LogP contribution is -2.33. The Morgan fingerprint density at radius 3 is 2.41 bits per heavy atom. The average molecular weight is 398 g/mol. The normalized spacial score (nSPS) is 10.6. The van der Waals surface area contributed by atoms with Crippen LogP contribution >= 0.6 is 0 Å². The van der Waals surface area contributed by atoms with E-state index >= 15 is 0 Å². The Hall–Kier alpha value is -4.21. The number of aryl methyl sites for hydroxylation is 1. The molecule has 0 radical (unpaired) electrons. The van der Waals surface area contributed by atoms with Crippen LogP contribution in [0.15, 0.2) is 45.6 Å². The van der Waals surface area contributed by atoms with E-state index in [1.807, 2.05) is 0 Å². The van der Waals surface area contributed by atoms with Gasteiger partial charge < -0.3 is 14.3 Å². The number of ether oxygens (including phenoxy) is 1. The lowest BCUT2D eigenvalue weighted by molar-refractivity contribution is -0.385. The summed E-state index contributed by atoms with van der Waals surface area (Å²) in [6.45, 7) is 1.33. The van der Waals surface area contributed by atoms with Crippen molar-refractivity contribution in [3.8, 4) is 11.5 Å². The van der Waals surface area contributed by atoms with E-state index in [1.54, 1.807) is 0 Å². The molecular weight excluding hydrogens is 384 g/mol. The lowest BCUT2D eigenvalue weighted by Gasteiger charge is -2.07. The van der Waals surface area contributed by atoms with Gasteiger partial charge in [0.1, 0.15) is 16.9 Å². The van der Waals surface area contributed by atoms with E-state index in [1.165, 1.54) is 38.3 Å². The molecule has 0 aliphatic heterocycles. The summed E-state index contributed by atoms with van der Waals surface area (Å²) in [6.07, 6.45) is 0. The minimum Gasteiger partial charge on any atom is -0.502 e. The summed E-state index contributed by atoms with van der Waals surface area (Å²) in [5, 5.41) is 23.1. The molecule has 3 aromatic rings. The van der Waals surface area contributed by atoms with Crippen molar-refractivity contribution in [1.82, 2.24) is 5.32 Å². The topological polar surface area (TPSA) is 149 Å². The zero-order valence-corrected chi connectivity index (χ0v) is 15.2. The number of phenols is 1. The van der Waals surface area contributed by atoms with Gasteiger partial charge in [0, 0.05) is 22.6 Å². The maximum absolute atomic E-state index is 12.4. The van der Waals surface area contributed by atoms with Crippen LogP contribution in [0.5, 0.6) is 11.5 Å². The number of nitrogens with one attached hydrogen (secondary N) is 1. The second-order valence-corrected chi connectivity index (χ2v) is 6.00. The third kappa shape index (κ3) is 3.63. The van der Waals surface area contributed by atoms with Crippen molar-refractivity contribution in [1.29, 1.82) is 0 Å². The van der Waals surface area contributed by atoms with Crippen molar-refractivity contribution in [2.24, 2.45) is 0 Å². The van der Waals surface area contributed by atoms with Gasteiger partial charge >= 0.3 is 11.3 Å². The summed E-state index contributed by atoms with van der Waals surface area (Å²) in [6, 6.07) is 7.95. The van der Waals surface area contributed by atoms with Crippen molar-refractivity contribution < 1.29 is 28.8 Å². The number of hydrogen-bond acceptors (Lipinski definition) is 8. The van der Waals surface area contributed by atoms with E-state index in [2.05, 4.69) is 5.32 Å². The molecule has 0 bridgehead atoms. The Balaban J connectivity index is 1.97. The highest BCUT2D eigenvalue weighted by Crippen LogP contribution is 2.35. The van der Waals surface area contributed by atoms with Crippen LogP contribution in [-0.2, 0) is 0 Å². The van der Waals surface area contributed by atoms with Gasteiger partial charge in [-0.3, -0.25) is 25.0 Å². The number of phenolic OH excluding ortho intramolecular Hbond substituents is 1. The molecule has 0 saturated carbocycles. The van der Waals surface area contributed by atoms with Crippen LogP contribution in [0.2, 0.25) is 0 Å². The average Bonchev–Trinajstić information content (AvgIpc) is 2.70. The number of aromatic hydroxyl groups is 1. The standard InChI is InChI=1S/C19H14N2O8/c1-9-15(22)14(21(26)27)8-11-7-13(19(25)29-16(9)11)18(24)20-17(23)10-3-5-12(28-2)6-4-10/h3-8,22H,1-2H3,(H,20,23,24). The summed E-state index contributed by atoms with van der Waals surface area (Å²) < 4.78 is 10.0. The predicted octanol–water partition coefficient (Wildman–Crippen LogP) is 2.29. The minimum absolute atomic E-state index is 0.0208. The van der Waals surface area contributed by atoms with Gasteiger partial charge in [-0.1, -0.05) is 0 Å². The van der Waals surface area contributed by atoms with E-state index < -0.39 is 39.4 Å². The highest BCUT2D eigenvalue weighted by atomic mass is 16.6. The third-order valence-electron chi connectivity index (χ3n) is 4.23. The van der Waals surface area contributed by atoms with Gasteiger partial charge in [0.15, 0.2) is 0 Å². The number of hydrogen-bond donors (Lipinski definition) is 2. The van der Waals surface area contributed by atoms with Crippen LogP contribution in [0.3, 0.4) is 0 Å². The Morgan fingerprint density at radius 2 is 1.83 bits per heavy atom. The molecule has 0 spiro atoms. The Morgan fingerprint density at radius 1 is 1.17 bits per heavy atom. The number of fused-ring (bicyclic) bond motifs is 1. The van der Waals surface area contributed by atoms with Crippen molar-refractivity contribution in [3.05, 3.63) is 73.6 Å². The first kappa shape index (κ1) is 19.5. The molecule has 0 unspecified atom stereocenters. The summed E-state index contributed by atoms with van der Waals surface area (Å²) >= 11 is 0. The highest BCUT2D eigenvalue weighted by Gasteiger charge is 2.23. The first-order valence-electron chi connectivity index (χ1n) is 8.17. The SMILES string of the molecule is COc1ccc(C(=O)NC(=O)c2cc3cc([N+](=O)[O-])c(O)c(C)c3oc2=O)cc1. The molecule has 0 aliphatic rings. The third-order valence-corrected chi connectivity index (χ3v) is 4.23. The predicted molar refractivity (Wildman–Crippen MR) is 100 cm³/mol. The number of carbonyl (C=O) groups is 2. The van der Waals surface area contributed by atoms with Gasteiger partial charge in [0.25, 0.3) is 11.8 Å². The summed E-state index contributed by atoms with van der Waals surface area (Å²) in [4.78, 5) is 47.1. The fraction of sp³-hybridized carbons (Fsp3) is 0.105. The van der Waals surface area contributed by atoms with Crippen molar-refractivity contribution in [2.45, 2.75) is 6.92 Å². The quantitative estimate of drug-likeness (QED) is 0.294. The molecule has 10 nitrogen and oxygen atoms in total. The molecule has 10 heteroatoms. The molecule has 2 aromatic carbocycles. The molecule has 0 aliphatic carbocycles. The number of benzene rings is 2. The molecule has 29 heavy (non-hydrogen) atoms. The van der Waals surface area contributed by atoms with E-state index in [-0.39, 0.29) is 22.1 Å². The van der Waals surface area contributed by atoms with Gasteiger partial charge in [-0.15, -0.1) is 0 Å². The number of amides is 2. The van der Waals surface area contributed by atoms with E-state index in [0.29, 0.717) is 5.75 Å². The summed E-state index contributed by atoms with van der Waals surface area (Å²) in [5.41, 5.74) is -2.15. The molecule has 0 saturated heterocycles. The number of nitrogens with zero attached hydrogens (tertiary/aromatic N) is 1. The zero-order chi connectivity index (χ0) is 21.3. The number of carbonyl (C=O) groups excluding carboxylic acids is 2. The number of methoxy groups -OCH3 is 1. The first-order chi connectivity index (χ1) is 13.7. The zero-order valence-electron chi connectivity index (χ0n) is 15.2. The van der Waals surface area contributed by atoms with E-state index in [4.69, 9.17) is 9.15 Å². The number of rotatable bonds is 4. The molecule has 0 atom stereocenters. The second-order valence-electron chi connectivity index (χ2n) is 6.00. The molecule has 2 N–H and O–H groups in total. The Labute approximate surface area is 162 Å². The van der Waals surface area contributed by atoms with Gasteiger partial charge in [-0.05, 0) is 37.3 Å². The van der Waals surface area contributed by atoms with Crippen LogP contribution in [0, 0.1) is 17.0 Å². The van der Waals surface area contributed by atoms with Gasteiger partial charge in [0.2, 0.25) is 5.75 Å². The maximum Gasteiger partial charge on any atom is 0.349 e. The number of imide groups is 1. The van der Waals surface area contributed by atoms with Crippen LogP contribution in [0.4, 0.5) is 5.69 Å². The van der Waals surface area contributed by atoms with Gasteiger partial charge in [-0.25, -0.2) is 4.79 Å². The largest absolute Gasteiger partial charge is 0.502 e. The van der Waals surface area contributed by atoms with Crippen LogP contribution in [0.1, 0.15) is 26.3 Å². The lowest BCUT2D eigenvalue weighted by atomic mass is 10.1. The highest BCUT2D eigenvalue weighted by molar-refractivity contribution is 6.11. The smallest absolute Gasteiger partial charge is 0.349 e. The first-order valence-corrected chi connectivity index (χ1v) is 8.17. The van der Waals surface area contributed by atoms with Crippen LogP contribution in [-0.4, -0.2) is 29.0 Å². The van der Waals surface area contributed by atoms with Crippen molar-refractivity contribution >= 4 is 28.5 Å². The second kappa shape index (κ2) is 7.43. The summed E-state index contributed by atoms with van der Waals surface area (Å²) in [5.74, 6) is -1.92. The van der Waals surface area contributed by atoms with Crippen LogP contribution in [0.25, 0.3) is 11.0 Å². The fourth-order valence-corrected chi connectivity index (χ4v) is 2.68. The Kier molecular flexibility index (Phi) is 5.01. The molecule has 3 rings (SSSR count). The van der Waals surface area contributed by atoms with Gasteiger partial charge in [-0.2, -0.15) is 0 Å². The maximum atomic E-state index is 12.4. The van der Waals surface area contributed by atoms with E-state index in [0.717, 1.165) is 12.1 Å². The Bertz CT molecular complexity index is 1210. The van der Waals surface area contributed by atoms with E-state index in [9.17, 15) is 29.6 Å². The van der Waals surface area contributed by atoms with Crippen LogP contribution < -0.4 is 15.7 Å².